The van der Waals surface area contributed by atoms with Crippen LogP contribution in [-0.2, 0) is 23.5 Å². The van der Waals surface area contributed by atoms with Gasteiger partial charge in [-0.3, -0.25) is 4.18 Å². The normalized spacial score (nSPS) is 16.2. The summed E-state index contributed by atoms with van der Waals surface area (Å²) in [5, 5.41) is 2.66. The van der Waals surface area contributed by atoms with Crippen molar-refractivity contribution in [2.24, 2.45) is 0 Å². The van der Waals surface area contributed by atoms with Crippen LogP contribution in [0.4, 0.5) is 4.79 Å². The molecule has 0 saturated carbocycles. The number of nitrogens with one attached hydrogen (secondary N) is 1. The summed E-state index contributed by atoms with van der Waals surface area (Å²) in [5.41, 5.74) is -0.657. The van der Waals surface area contributed by atoms with Crippen molar-refractivity contribution in [3.05, 3.63) is 0 Å². The van der Waals surface area contributed by atoms with Gasteiger partial charge in [0.2, 0.25) is 0 Å². The summed E-state index contributed by atoms with van der Waals surface area (Å²) < 4.78 is 39.2. The van der Waals surface area contributed by atoms with Gasteiger partial charge in [0.1, 0.15) is 5.60 Å². The number of rotatable bonds is 7. The van der Waals surface area contributed by atoms with Crippen LogP contribution in [0.1, 0.15) is 48.5 Å². The van der Waals surface area contributed by atoms with E-state index in [1.165, 1.54) is 0 Å². The van der Waals surface area contributed by atoms with Gasteiger partial charge in [0.15, 0.2) is 8.32 Å². The van der Waals surface area contributed by atoms with E-state index in [0.29, 0.717) is 0 Å². The fourth-order valence-electron chi connectivity index (χ4n) is 1.61. The first-order valence-corrected chi connectivity index (χ1v) is 13.1. The van der Waals surface area contributed by atoms with Gasteiger partial charge in [0, 0.05) is 0 Å². The number of carbonyl (C=O) groups is 1. The van der Waals surface area contributed by atoms with Gasteiger partial charge < -0.3 is 14.5 Å². The van der Waals surface area contributed by atoms with E-state index in [2.05, 4.69) is 39.2 Å². The van der Waals surface area contributed by atoms with Gasteiger partial charge >= 0.3 is 6.09 Å². The number of carbonyl (C=O) groups excluding carboxylic acids is 1. The highest BCUT2D eigenvalue weighted by Crippen LogP contribution is 2.36. The summed E-state index contributed by atoms with van der Waals surface area (Å²) in [5.74, 6) is 0. The van der Waals surface area contributed by atoms with Crippen LogP contribution in [0, 0.1) is 0 Å². The maximum atomic E-state index is 12.1. The number of hydrogen-bond donors (Lipinski definition) is 1. The Labute approximate surface area is 154 Å². The lowest BCUT2D eigenvalue weighted by molar-refractivity contribution is 0.0414. The van der Waals surface area contributed by atoms with Crippen LogP contribution in [0.5, 0.6) is 0 Å². The first-order chi connectivity index (χ1) is 10.8. The summed E-state index contributed by atoms with van der Waals surface area (Å²) in [7, 11) is -5.72. The van der Waals surface area contributed by atoms with Gasteiger partial charge in [0.05, 0.1) is 25.0 Å². The van der Waals surface area contributed by atoms with E-state index < -0.39 is 42.3 Å². The van der Waals surface area contributed by atoms with Crippen LogP contribution < -0.4 is 5.32 Å². The molecular formula is C16H35NO6SSi. The van der Waals surface area contributed by atoms with Crippen LogP contribution >= 0.6 is 0 Å². The molecule has 1 N–H and O–H groups in total. The Morgan fingerprint density at radius 1 is 1.12 bits per heavy atom. The SMILES string of the molecule is CC(OS(C)(=O)=O)C(CO[Si](C)(C)C(C)(C)C)NC(=O)OC(C)(C)C. The molecule has 25 heavy (non-hydrogen) atoms. The molecule has 7 nitrogen and oxygen atoms in total. The summed E-state index contributed by atoms with van der Waals surface area (Å²) in [4.78, 5) is 12.1. The number of alkyl carbamates (subject to hydrolysis) is 1. The zero-order valence-electron chi connectivity index (χ0n) is 17.2. The Hall–Kier alpha value is -0.643. The van der Waals surface area contributed by atoms with Crippen LogP contribution in [0.2, 0.25) is 18.1 Å². The van der Waals surface area contributed by atoms with Gasteiger partial charge in [-0.05, 0) is 45.8 Å². The van der Waals surface area contributed by atoms with Crippen LogP contribution in [0.3, 0.4) is 0 Å². The second-order valence-electron chi connectivity index (χ2n) is 8.83. The van der Waals surface area contributed by atoms with Crippen molar-refractivity contribution in [1.82, 2.24) is 5.32 Å². The molecule has 0 saturated heterocycles. The molecule has 2 atom stereocenters. The van der Waals surface area contributed by atoms with Crippen molar-refractivity contribution < 1.29 is 26.6 Å². The average Bonchev–Trinajstić information content (AvgIpc) is 2.28. The summed E-state index contributed by atoms with van der Waals surface area (Å²) in [6.45, 7) is 17.5. The molecule has 0 heterocycles. The predicted molar refractivity (Wildman–Crippen MR) is 102 cm³/mol. The van der Waals surface area contributed by atoms with Crippen molar-refractivity contribution in [2.45, 2.75) is 84.3 Å². The zero-order chi connectivity index (χ0) is 20.3. The first-order valence-electron chi connectivity index (χ1n) is 8.36. The molecule has 0 bridgehead atoms. The molecule has 0 aromatic heterocycles. The minimum Gasteiger partial charge on any atom is -0.444 e. The fourth-order valence-corrected chi connectivity index (χ4v) is 3.33. The Morgan fingerprint density at radius 3 is 1.96 bits per heavy atom. The standard InChI is InChI=1S/C16H35NO6SSi/c1-12(23-24(8,19)20)13(17-14(18)22-15(2,3)4)11-21-25(9,10)16(5,6)7/h12-13H,11H2,1-10H3,(H,17,18). The molecule has 150 valence electrons. The second-order valence-corrected chi connectivity index (χ2v) is 15.2. The lowest BCUT2D eigenvalue weighted by Crippen LogP contribution is -2.51. The molecule has 0 aliphatic rings. The predicted octanol–water partition coefficient (Wildman–Crippen LogP) is 3.27. The highest BCUT2D eigenvalue weighted by atomic mass is 32.2. The minimum atomic E-state index is -3.66. The lowest BCUT2D eigenvalue weighted by Gasteiger charge is -2.38. The van der Waals surface area contributed by atoms with Crippen molar-refractivity contribution >= 4 is 24.5 Å². The summed E-state index contributed by atoms with van der Waals surface area (Å²) >= 11 is 0. The van der Waals surface area contributed by atoms with Gasteiger partial charge in [-0.1, -0.05) is 20.8 Å². The number of hydrogen-bond acceptors (Lipinski definition) is 6. The third kappa shape index (κ3) is 10.2. The van der Waals surface area contributed by atoms with E-state index in [1.54, 1.807) is 27.7 Å². The Kier molecular flexibility index (Phi) is 8.15. The molecule has 0 radical (unpaired) electrons. The molecule has 0 rings (SSSR count). The van der Waals surface area contributed by atoms with E-state index >= 15 is 0 Å². The molecule has 9 heteroatoms. The van der Waals surface area contributed by atoms with Gasteiger partial charge in [-0.2, -0.15) is 8.42 Å². The van der Waals surface area contributed by atoms with E-state index in [9.17, 15) is 13.2 Å². The molecule has 0 aromatic rings. The molecule has 1 amide bonds. The quantitative estimate of drug-likeness (QED) is 0.524. The molecular weight excluding hydrogens is 362 g/mol. The minimum absolute atomic E-state index is 0.00953. The lowest BCUT2D eigenvalue weighted by atomic mass is 10.2. The topological polar surface area (TPSA) is 90.9 Å². The molecule has 0 aromatic carbocycles. The Bertz CT molecular complexity index is 548. The average molecular weight is 398 g/mol. The van der Waals surface area contributed by atoms with Crippen LogP contribution in [0.15, 0.2) is 0 Å². The largest absolute Gasteiger partial charge is 0.444 e. The van der Waals surface area contributed by atoms with Crippen molar-refractivity contribution in [1.29, 1.82) is 0 Å². The van der Waals surface area contributed by atoms with E-state index in [4.69, 9.17) is 13.3 Å². The second kappa shape index (κ2) is 8.37. The molecule has 0 aliphatic carbocycles. The van der Waals surface area contributed by atoms with E-state index in [1.807, 2.05) is 0 Å². The monoisotopic (exact) mass is 397 g/mol. The number of amides is 1. The van der Waals surface area contributed by atoms with Gasteiger partial charge in [0.25, 0.3) is 10.1 Å². The summed E-state index contributed by atoms with van der Waals surface area (Å²) in [6, 6.07) is -0.654. The van der Waals surface area contributed by atoms with Crippen LogP contribution in [0.25, 0.3) is 0 Å². The fraction of sp³-hybridized carbons (Fsp3) is 0.938. The van der Waals surface area contributed by atoms with Crippen molar-refractivity contribution in [3.63, 3.8) is 0 Å². The molecule has 0 fully saturated rings. The third-order valence-electron chi connectivity index (χ3n) is 4.03. The third-order valence-corrected chi connectivity index (χ3v) is 9.18. The molecule has 0 aliphatic heterocycles. The van der Waals surface area contributed by atoms with Crippen molar-refractivity contribution in [3.8, 4) is 0 Å². The Morgan fingerprint density at radius 2 is 1.60 bits per heavy atom. The molecule has 0 spiro atoms. The zero-order valence-corrected chi connectivity index (χ0v) is 19.0. The Balaban J connectivity index is 5.17. The van der Waals surface area contributed by atoms with E-state index in [0.717, 1.165) is 6.26 Å². The maximum Gasteiger partial charge on any atom is 0.408 e. The highest BCUT2D eigenvalue weighted by Gasteiger charge is 2.38. The van der Waals surface area contributed by atoms with E-state index in [-0.39, 0.29) is 11.6 Å². The van der Waals surface area contributed by atoms with Crippen LogP contribution in [-0.4, -0.2) is 53.4 Å². The number of ether oxygens (including phenoxy) is 1. The molecule has 2 unspecified atom stereocenters. The highest BCUT2D eigenvalue weighted by molar-refractivity contribution is 7.86. The summed E-state index contributed by atoms with van der Waals surface area (Å²) in [6.07, 6.45) is -0.449. The van der Waals surface area contributed by atoms with Crippen molar-refractivity contribution in [2.75, 3.05) is 12.9 Å². The maximum absolute atomic E-state index is 12.1. The first kappa shape index (κ1) is 24.4. The smallest absolute Gasteiger partial charge is 0.408 e. The van der Waals surface area contributed by atoms with Gasteiger partial charge in [-0.15, -0.1) is 0 Å². The van der Waals surface area contributed by atoms with Gasteiger partial charge in [-0.25, -0.2) is 4.79 Å².